The van der Waals surface area contributed by atoms with E-state index in [2.05, 4.69) is 0 Å². The number of para-hydroxylation sites is 1. The van der Waals surface area contributed by atoms with Gasteiger partial charge in [0.2, 0.25) is 5.91 Å². The number of ether oxygens (including phenoxy) is 1. The number of carbonyl (C=O) groups is 1. The lowest BCUT2D eigenvalue weighted by Crippen LogP contribution is -2.28. The zero-order valence-electron chi connectivity index (χ0n) is 11.8. The van der Waals surface area contributed by atoms with E-state index in [4.69, 9.17) is 10.5 Å². The summed E-state index contributed by atoms with van der Waals surface area (Å²) < 4.78 is 19.0. The summed E-state index contributed by atoms with van der Waals surface area (Å²) in [6, 6.07) is 13.1. The first kappa shape index (κ1) is 14.8. The Hall–Kier alpha value is -2.56. The van der Waals surface area contributed by atoms with Gasteiger partial charge >= 0.3 is 0 Å². The summed E-state index contributed by atoms with van der Waals surface area (Å²) in [6.45, 7) is 0.224. The third-order valence-electron chi connectivity index (χ3n) is 3.05. The van der Waals surface area contributed by atoms with Crippen molar-refractivity contribution in [2.45, 2.75) is 6.42 Å². The normalized spacial score (nSPS) is 10.2. The summed E-state index contributed by atoms with van der Waals surface area (Å²) in [4.78, 5) is 13.3. The summed E-state index contributed by atoms with van der Waals surface area (Å²) >= 11 is 0. The Morgan fingerprint density at radius 1 is 1.19 bits per heavy atom. The van der Waals surface area contributed by atoms with Crippen LogP contribution in [0.1, 0.15) is 6.42 Å². The molecule has 0 aliphatic carbocycles. The van der Waals surface area contributed by atoms with Gasteiger partial charge in [0, 0.05) is 12.7 Å². The SMILES string of the molecule is CN(C(=O)CCOc1ccc(N)cc1)c1ccccc1F. The Morgan fingerprint density at radius 3 is 2.52 bits per heavy atom. The number of halogens is 1. The molecule has 21 heavy (non-hydrogen) atoms. The van der Waals surface area contributed by atoms with Gasteiger partial charge in [-0.25, -0.2) is 4.39 Å². The highest BCUT2D eigenvalue weighted by Crippen LogP contribution is 2.18. The number of carbonyl (C=O) groups excluding carboxylic acids is 1. The molecule has 0 heterocycles. The number of benzene rings is 2. The van der Waals surface area contributed by atoms with Crippen molar-refractivity contribution in [1.82, 2.24) is 0 Å². The summed E-state index contributed by atoms with van der Waals surface area (Å²) in [5, 5.41) is 0. The molecule has 2 rings (SSSR count). The van der Waals surface area contributed by atoms with Crippen molar-refractivity contribution in [1.29, 1.82) is 0 Å². The van der Waals surface area contributed by atoms with Crippen LogP contribution >= 0.6 is 0 Å². The fourth-order valence-electron chi connectivity index (χ4n) is 1.85. The van der Waals surface area contributed by atoms with Gasteiger partial charge in [0.1, 0.15) is 11.6 Å². The average molecular weight is 288 g/mol. The van der Waals surface area contributed by atoms with Crippen LogP contribution in [0.5, 0.6) is 5.75 Å². The van der Waals surface area contributed by atoms with Crippen LogP contribution in [0.25, 0.3) is 0 Å². The number of nitrogens with zero attached hydrogens (tertiary/aromatic N) is 1. The molecule has 0 unspecified atom stereocenters. The molecule has 2 aromatic carbocycles. The number of anilines is 2. The van der Waals surface area contributed by atoms with E-state index < -0.39 is 5.82 Å². The second-order valence-corrected chi connectivity index (χ2v) is 4.57. The molecule has 0 aliphatic heterocycles. The van der Waals surface area contributed by atoms with Crippen molar-refractivity contribution >= 4 is 17.3 Å². The summed E-state index contributed by atoms with van der Waals surface area (Å²) in [5.74, 6) is 0.00823. The molecule has 110 valence electrons. The average Bonchev–Trinajstić information content (AvgIpc) is 2.49. The third kappa shape index (κ3) is 3.95. The van der Waals surface area contributed by atoms with Crippen LogP contribution in [0, 0.1) is 5.82 Å². The monoisotopic (exact) mass is 288 g/mol. The Bertz CT molecular complexity index is 614. The molecule has 0 radical (unpaired) electrons. The maximum absolute atomic E-state index is 13.6. The number of nitrogens with two attached hydrogens (primary N) is 1. The predicted molar refractivity (Wildman–Crippen MR) is 80.8 cm³/mol. The summed E-state index contributed by atoms with van der Waals surface area (Å²) in [5.41, 5.74) is 6.48. The van der Waals surface area contributed by atoms with E-state index in [0.717, 1.165) is 0 Å². The highest BCUT2D eigenvalue weighted by Gasteiger charge is 2.14. The van der Waals surface area contributed by atoms with E-state index in [1.54, 1.807) is 49.5 Å². The van der Waals surface area contributed by atoms with Crippen molar-refractivity contribution < 1.29 is 13.9 Å². The molecular weight excluding hydrogens is 271 g/mol. The van der Waals surface area contributed by atoms with E-state index in [-0.39, 0.29) is 24.6 Å². The zero-order chi connectivity index (χ0) is 15.2. The number of nitrogen functional groups attached to an aromatic ring is 1. The van der Waals surface area contributed by atoms with E-state index >= 15 is 0 Å². The van der Waals surface area contributed by atoms with Crippen LogP contribution < -0.4 is 15.4 Å². The number of hydrogen-bond donors (Lipinski definition) is 1. The maximum Gasteiger partial charge on any atom is 0.230 e. The Kier molecular flexibility index (Phi) is 4.77. The minimum atomic E-state index is -0.423. The first-order chi connectivity index (χ1) is 10.1. The van der Waals surface area contributed by atoms with Crippen LogP contribution in [-0.4, -0.2) is 19.6 Å². The topological polar surface area (TPSA) is 55.6 Å². The highest BCUT2D eigenvalue weighted by molar-refractivity contribution is 5.92. The van der Waals surface area contributed by atoms with Gasteiger partial charge in [0.25, 0.3) is 0 Å². The van der Waals surface area contributed by atoms with Crippen LogP contribution in [0.15, 0.2) is 48.5 Å². The summed E-state index contributed by atoms with van der Waals surface area (Å²) in [7, 11) is 1.55. The molecular formula is C16H17FN2O2. The van der Waals surface area contributed by atoms with Crippen molar-refractivity contribution in [2.24, 2.45) is 0 Å². The third-order valence-corrected chi connectivity index (χ3v) is 3.05. The van der Waals surface area contributed by atoms with Crippen molar-refractivity contribution in [3.63, 3.8) is 0 Å². The molecule has 5 heteroatoms. The minimum Gasteiger partial charge on any atom is -0.493 e. The first-order valence-corrected chi connectivity index (χ1v) is 6.57. The Morgan fingerprint density at radius 2 is 1.86 bits per heavy atom. The van der Waals surface area contributed by atoms with Gasteiger partial charge in [0.05, 0.1) is 18.7 Å². The van der Waals surface area contributed by atoms with E-state index in [1.165, 1.54) is 11.0 Å². The van der Waals surface area contributed by atoms with Gasteiger partial charge in [-0.05, 0) is 36.4 Å². The second-order valence-electron chi connectivity index (χ2n) is 4.57. The fourth-order valence-corrected chi connectivity index (χ4v) is 1.85. The molecule has 0 bridgehead atoms. The van der Waals surface area contributed by atoms with Crippen LogP contribution in [0.3, 0.4) is 0 Å². The molecule has 4 nitrogen and oxygen atoms in total. The molecule has 1 amide bonds. The first-order valence-electron chi connectivity index (χ1n) is 6.57. The van der Waals surface area contributed by atoms with Gasteiger partial charge in [-0.3, -0.25) is 4.79 Å². The maximum atomic E-state index is 13.6. The van der Waals surface area contributed by atoms with Crippen molar-refractivity contribution in [2.75, 3.05) is 24.3 Å². The highest BCUT2D eigenvalue weighted by atomic mass is 19.1. The number of amides is 1. The smallest absolute Gasteiger partial charge is 0.230 e. The molecule has 0 aliphatic rings. The van der Waals surface area contributed by atoms with Crippen LogP contribution in [0.4, 0.5) is 15.8 Å². The summed E-state index contributed by atoms with van der Waals surface area (Å²) in [6.07, 6.45) is 0.162. The van der Waals surface area contributed by atoms with Gasteiger partial charge in [0.15, 0.2) is 0 Å². The van der Waals surface area contributed by atoms with Gasteiger partial charge in [-0.15, -0.1) is 0 Å². The van der Waals surface area contributed by atoms with Crippen LogP contribution in [0.2, 0.25) is 0 Å². The van der Waals surface area contributed by atoms with Crippen molar-refractivity contribution in [3.8, 4) is 5.75 Å². The molecule has 0 aromatic heterocycles. The Balaban J connectivity index is 1.87. The molecule has 0 spiro atoms. The van der Waals surface area contributed by atoms with Gasteiger partial charge in [-0.1, -0.05) is 12.1 Å². The van der Waals surface area contributed by atoms with E-state index in [0.29, 0.717) is 11.4 Å². The Labute approximate surface area is 122 Å². The predicted octanol–water partition coefficient (Wildman–Crippen LogP) is 2.84. The standard InChI is InChI=1S/C16H17FN2O2/c1-19(15-5-3-2-4-14(15)17)16(20)10-11-21-13-8-6-12(18)7-9-13/h2-9H,10-11,18H2,1H3. The lowest BCUT2D eigenvalue weighted by atomic mass is 10.2. The van der Waals surface area contributed by atoms with E-state index in [9.17, 15) is 9.18 Å². The lowest BCUT2D eigenvalue weighted by molar-refractivity contribution is -0.118. The molecule has 0 fully saturated rings. The van der Waals surface area contributed by atoms with E-state index in [1.807, 2.05) is 0 Å². The number of hydrogen-bond acceptors (Lipinski definition) is 3. The lowest BCUT2D eigenvalue weighted by Gasteiger charge is -2.18. The molecule has 0 saturated carbocycles. The number of rotatable bonds is 5. The van der Waals surface area contributed by atoms with Gasteiger partial charge < -0.3 is 15.4 Å². The largest absolute Gasteiger partial charge is 0.493 e. The zero-order valence-corrected chi connectivity index (χ0v) is 11.8. The van der Waals surface area contributed by atoms with Crippen LogP contribution in [-0.2, 0) is 4.79 Å². The minimum absolute atomic E-state index is 0.162. The molecule has 2 N–H and O–H groups in total. The van der Waals surface area contributed by atoms with Crippen molar-refractivity contribution in [3.05, 3.63) is 54.3 Å². The molecule has 0 atom stereocenters. The quantitative estimate of drug-likeness (QED) is 0.861. The van der Waals surface area contributed by atoms with Gasteiger partial charge in [-0.2, -0.15) is 0 Å². The molecule has 2 aromatic rings. The second kappa shape index (κ2) is 6.74. The molecule has 0 saturated heterocycles. The fraction of sp³-hybridized carbons (Fsp3) is 0.188.